The molecule has 3 rings (SSSR count). The summed E-state index contributed by atoms with van der Waals surface area (Å²) in [6.45, 7) is 0. The Morgan fingerprint density at radius 2 is 1.68 bits per heavy atom. The Hall–Kier alpha value is -1.82. The van der Waals surface area contributed by atoms with Gasteiger partial charge in [-0.1, -0.05) is 15.9 Å². The molecule has 3 aromatic rings. The Labute approximate surface area is 114 Å². The van der Waals surface area contributed by atoms with Crippen LogP contribution in [0.25, 0.3) is 22.4 Å². The van der Waals surface area contributed by atoms with Crippen LogP contribution in [-0.2, 0) is 0 Å². The Balaban J connectivity index is 2.24. The molecule has 0 spiro atoms. The molecule has 2 aromatic carbocycles. The van der Waals surface area contributed by atoms with E-state index in [0.29, 0.717) is 15.5 Å². The molecular weight excluding hydrogens is 321 g/mol. The van der Waals surface area contributed by atoms with E-state index in [1.807, 2.05) is 0 Å². The summed E-state index contributed by atoms with van der Waals surface area (Å²) in [4.78, 5) is 6.77. The average Bonchev–Trinajstić information content (AvgIpc) is 2.69. The van der Waals surface area contributed by atoms with Gasteiger partial charge in [-0.3, -0.25) is 0 Å². The SMILES string of the molecule is Fc1ccc2nc(-c3c(F)cc(Br)cc3F)[nH]c2c1. The molecule has 0 amide bonds. The molecule has 0 saturated heterocycles. The molecule has 1 heterocycles. The largest absolute Gasteiger partial charge is 0.338 e. The summed E-state index contributed by atoms with van der Waals surface area (Å²) in [5.41, 5.74) is 0.564. The van der Waals surface area contributed by atoms with Crippen molar-refractivity contribution in [3.05, 3.63) is 52.3 Å². The molecule has 0 unspecified atom stereocenters. The van der Waals surface area contributed by atoms with Crippen molar-refractivity contribution in [1.82, 2.24) is 9.97 Å². The summed E-state index contributed by atoms with van der Waals surface area (Å²) < 4.78 is 41.0. The zero-order valence-corrected chi connectivity index (χ0v) is 10.9. The molecule has 1 N–H and O–H groups in total. The van der Waals surface area contributed by atoms with Gasteiger partial charge in [-0.05, 0) is 30.3 Å². The highest BCUT2D eigenvalue weighted by Crippen LogP contribution is 2.28. The maximum atomic E-state index is 13.8. The van der Waals surface area contributed by atoms with Crippen LogP contribution >= 0.6 is 15.9 Å². The van der Waals surface area contributed by atoms with Gasteiger partial charge in [0.1, 0.15) is 23.3 Å². The first-order valence-electron chi connectivity index (χ1n) is 5.35. The zero-order valence-electron chi connectivity index (χ0n) is 9.35. The third kappa shape index (κ3) is 2.12. The van der Waals surface area contributed by atoms with E-state index >= 15 is 0 Å². The van der Waals surface area contributed by atoms with Crippen molar-refractivity contribution < 1.29 is 13.2 Å². The highest BCUT2D eigenvalue weighted by atomic mass is 79.9. The summed E-state index contributed by atoms with van der Waals surface area (Å²) in [6.07, 6.45) is 0. The number of nitrogens with one attached hydrogen (secondary N) is 1. The minimum Gasteiger partial charge on any atom is -0.338 e. The van der Waals surface area contributed by atoms with Crippen molar-refractivity contribution in [3.8, 4) is 11.4 Å². The Kier molecular flexibility index (Phi) is 2.82. The van der Waals surface area contributed by atoms with Crippen LogP contribution in [0.1, 0.15) is 0 Å². The maximum absolute atomic E-state index is 13.8. The summed E-state index contributed by atoms with van der Waals surface area (Å²) in [5.74, 6) is -1.90. The van der Waals surface area contributed by atoms with Crippen molar-refractivity contribution in [2.75, 3.05) is 0 Å². The minimum absolute atomic E-state index is 0.0306. The first-order valence-corrected chi connectivity index (χ1v) is 6.14. The molecule has 19 heavy (non-hydrogen) atoms. The standard InChI is InChI=1S/C13H6BrF3N2/c14-6-3-8(16)12(9(17)4-6)13-18-10-2-1-7(15)5-11(10)19-13/h1-5H,(H,18,19). The van der Waals surface area contributed by atoms with E-state index in [1.165, 1.54) is 18.2 Å². The van der Waals surface area contributed by atoms with Crippen molar-refractivity contribution in [3.63, 3.8) is 0 Å². The van der Waals surface area contributed by atoms with Crippen LogP contribution in [-0.4, -0.2) is 9.97 Å². The van der Waals surface area contributed by atoms with E-state index in [0.717, 1.165) is 12.1 Å². The first kappa shape index (κ1) is 12.2. The molecule has 0 aliphatic rings. The van der Waals surface area contributed by atoms with Crippen molar-refractivity contribution >= 4 is 27.0 Å². The highest BCUT2D eigenvalue weighted by molar-refractivity contribution is 9.10. The number of fused-ring (bicyclic) bond motifs is 1. The lowest BCUT2D eigenvalue weighted by Crippen LogP contribution is -1.92. The zero-order chi connectivity index (χ0) is 13.6. The fraction of sp³-hybridized carbons (Fsp3) is 0. The molecule has 0 aliphatic heterocycles. The second kappa shape index (κ2) is 4.38. The van der Waals surface area contributed by atoms with Crippen LogP contribution in [0.5, 0.6) is 0 Å². The highest BCUT2D eigenvalue weighted by Gasteiger charge is 2.16. The number of nitrogens with zero attached hydrogens (tertiary/aromatic N) is 1. The lowest BCUT2D eigenvalue weighted by molar-refractivity contribution is 0.586. The molecule has 0 atom stereocenters. The van der Waals surface area contributed by atoms with Gasteiger partial charge in [0.2, 0.25) is 0 Å². The van der Waals surface area contributed by atoms with Crippen LogP contribution in [0.3, 0.4) is 0 Å². The summed E-state index contributed by atoms with van der Waals surface area (Å²) in [5, 5.41) is 0. The monoisotopic (exact) mass is 326 g/mol. The molecule has 6 heteroatoms. The van der Waals surface area contributed by atoms with Gasteiger partial charge in [0.25, 0.3) is 0 Å². The fourth-order valence-electron chi connectivity index (χ4n) is 1.87. The van der Waals surface area contributed by atoms with Crippen molar-refractivity contribution in [2.24, 2.45) is 0 Å². The fourth-order valence-corrected chi connectivity index (χ4v) is 2.27. The van der Waals surface area contributed by atoms with E-state index in [2.05, 4.69) is 25.9 Å². The first-order chi connectivity index (χ1) is 9.04. The molecule has 96 valence electrons. The van der Waals surface area contributed by atoms with Crippen LogP contribution in [0.4, 0.5) is 13.2 Å². The van der Waals surface area contributed by atoms with Crippen LogP contribution in [0.15, 0.2) is 34.8 Å². The second-order valence-corrected chi connectivity index (χ2v) is 4.91. The van der Waals surface area contributed by atoms with Crippen LogP contribution < -0.4 is 0 Å². The van der Waals surface area contributed by atoms with E-state index in [9.17, 15) is 13.2 Å². The van der Waals surface area contributed by atoms with Gasteiger partial charge in [-0.25, -0.2) is 18.2 Å². The molecule has 0 saturated carbocycles. The Bertz CT molecular complexity index is 760. The quantitative estimate of drug-likeness (QED) is 0.705. The van der Waals surface area contributed by atoms with Crippen LogP contribution in [0, 0.1) is 17.5 Å². The molecule has 2 nitrogen and oxygen atoms in total. The van der Waals surface area contributed by atoms with E-state index in [-0.39, 0.29) is 11.4 Å². The summed E-state index contributed by atoms with van der Waals surface area (Å²) in [6, 6.07) is 6.19. The molecule has 1 aromatic heterocycles. The molecule has 0 radical (unpaired) electrons. The number of imidazole rings is 1. The average molecular weight is 327 g/mol. The van der Waals surface area contributed by atoms with Gasteiger partial charge in [-0.2, -0.15) is 0 Å². The normalized spacial score (nSPS) is 11.2. The number of rotatable bonds is 1. The van der Waals surface area contributed by atoms with E-state index in [4.69, 9.17) is 0 Å². The smallest absolute Gasteiger partial charge is 0.144 e. The minimum atomic E-state index is -0.744. The van der Waals surface area contributed by atoms with Crippen molar-refractivity contribution in [1.29, 1.82) is 0 Å². The lowest BCUT2D eigenvalue weighted by atomic mass is 10.2. The van der Waals surface area contributed by atoms with Gasteiger partial charge < -0.3 is 4.98 Å². The number of aromatic amines is 1. The lowest BCUT2D eigenvalue weighted by Gasteiger charge is -2.02. The molecule has 0 fully saturated rings. The van der Waals surface area contributed by atoms with Gasteiger partial charge in [0.15, 0.2) is 0 Å². The van der Waals surface area contributed by atoms with Crippen molar-refractivity contribution in [2.45, 2.75) is 0 Å². The van der Waals surface area contributed by atoms with E-state index < -0.39 is 17.5 Å². The second-order valence-electron chi connectivity index (χ2n) is 3.99. The summed E-state index contributed by atoms with van der Waals surface area (Å²) in [7, 11) is 0. The predicted molar refractivity (Wildman–Crippen MR) is 69.1 cm³/mol. The predicted octanol–water partition coefficient (Wildman–Crippen LogP) is 4.41. The molecular formula is C13H6BrF3N2. The Morgan fingerprint density at radius 3 is 2.37 bits per heavy atom. The molecule has 0 bridgehead atoms. The Morgan fingerprint density at radius 1 is 1.00 bits per heavy atom. The third-order valence-corrected chi connectivity index (χ3v) is 3.15. The van der Waals surface area contributed by atoms with Gasteiger partial charge in [0, 0.05) is 4.47 Å². The van der Waals surface area contributed by atoms with Gasteiger partial charge in [-0.15, -0.1) is 0 Å². The topological polar surface area (TPSA) is 28.7 Å². The summed E-state index contributed by atoms with van der Waals surface area (Å²) >= 11 is 3.00. The van der Waals surface area contributed by atoms with E-state index in [1.54, 1.807) is 0 Å². The number of hydrogen-bond donors (Lipinski definition) is 1. The number of aromatic nitrogens is 2. The van der Waals surface area contributed by atoms with Crippen LogP contribution in [0.2, 0.25) is 0 Å². The van der Waals surface area contributed by atoms with Gasteiger partial charge >= 0.3 is 0 Å². The number of benzene rings is 2. The van der Waals surface area contributed by atoms with Gasteiger partial charge in [0.05, 0.1) is 16.6 Å². The number of hydrogen-bond acceptors (Lipinski definition) is 1. The third-order valence-electron chi connectivity index (χ3n) is 2.69. The number of H-pyrrole nitrogens is 1. The maximum Gasteiger partial charge on any atom is 0.144 e. The number of halogens is 4. The molecule has 0 aliphatic carbocycles.